The van der Waals surface area contributed by atoms with Crippen molar-refractivity contribution in [3.63, 3.8) is 0 Å². The number of hydrogen-bond acceptors (Lipinski definition) is 2. The van der Waals surface area contributed by atoms with Crippen molar-refractivity contribution in [3.05, 3.63) is 70.0 Å². The second-order valence-electron chi connectivity index (χ2n) is 6.05. The molecule has 6 heteroatoms. The summed E-state index contributed by atoms with van der Waals surface area (Å²) < 4.78 is 13.1. The van der Waals surface area contributed by atoms with Crippen molar-refractivity contribution in [3.8, 4) is 0 Å². The summed E-state index contributed by atoms with van der Waals surface area (Å²) in [5.41, 5.74) is 1.15. The third-order valence-electron chi connectivity index (χ3n) is 4.25. The third-order valence-corrected chi connectivity index (χ3v) is 4.60. The Balaban J connectivity index is 1.90. The molecule has 0 radical (unpaired) electrons. The van der Waals surface area contributed by atoms with Gasteiger partial charge in [0, 0.05) is 5.02 Å². The van der Waals surface area contributed by atoms with Gasteiger partial charge in [-0.2, -0.15) is 0 Å². The maximum absolute atomic E-state index is 13.1. The largest absolute Gasteiger partial charge is 0.325 e. The summed E-state index contributed by atoms with van der Waals surface area (Å²) >= 11 is 6.00. The lowest BCUT2D eigenvalue weighted by Gasteiger charge is -2.22. The van der Waals surface area contributed by atoms with Crippen LogP contribution >= 0.6 is 11.6 Å². The predicted molar refractivity (Wildman–Crippen MR) is 89.0 cm³/mol. The summed E-state index contributed by atoms with van der Waals surface area (Å²) in [4.78, 5) is 26.2. The lowest BCUT2D eigenvalue weighted by molar-refractivity contribution is -0.131. The highest BCUT2D eigenvalue weighted by molar-refractivity contribution is 6.31. The number of imide groups is 1. The SMILES string of the molecule is Cc1ccc(C2(C)NC(=O)N(Cc3ccc(F)cc3Cl)C2=O)cc1. The Morgan fingerprint density at radius 1 is 1.17 bits per heavy atom. The van der Waals surface area contributed by atoms with Gasteiger partial charge in [-0.1, -0.05) is 47.5 Å². The van der Waals surface area contributed by atoms with Gasteiger partial charge in [-0.05, 0) is 37.1 Å². The van der Waals surface area contributed by atoms with E-state index in [-0.39, 0.29) is 17.5 Å². The molecule has 1 fully saturated rings. The van der Waals surface area contributed by atoms with E-state index in [1.54, 1.807) is 6.92 Å². The zero-order valence-electron chi connectivity index (χ0n) is 13.3. The average Bonchev–Trinajstić information content (AvgIpc) is 2.74. The lowest BCUT2D eigenvalue weighted by Crippen LogP contribution is -2.40. The van der Waals surface area contributed by atoms with E-state index < -0.39 is 17.4 Å². The van der Waals surface area contributed by atoms with E-state index in [4.69, 9.17) is 11.6 Å². The van der Waals surface area contributed by atoms with Gasteiger partial charge in [-0.3, -0.25) is 9.69 Å². The van der Waals surface area contributed by atoms with Crippen LogP contribution in [0.25, 0.3) is 0 Å². The smallest absolute Gasteiger partial charge is 0.319 e. The first-order valence-corrected chi connectivity index (χ1v) is 7.84. The minimum atomic E-state index is -1.13. The molecule has 1 N–H and O–H groups in total. The number of nitrogens with zero attached hydrogens (tertiary/aromatic N) is 1. The van der Waals surface area contributed by atoms with Crippen LogP contribution in [0.1, 0.15) is 23.6 Å². The number of hydrogen-bond donors (Lipinski definition) is 1. The van der Waals surface area contributed by atoms with E-state index >= 15 is 0 Å². The number of aryl methyl sites for hydroxylation is 1. The van der Waals surface area contributed by atoms with Crippen LogP contribution in [-0.2, 0) is 16.9 Å². The first-order valence-electron chi connectivity index (χ1n) is 7.46. The number of benzene rings is 2. The van der Waals surface area contributed by atoms with Gasteiger partial charge in [-0.25, -0.2) is 9.18 Å². The maximum atomic E-state index is 13.1. The summed E-state index contributed by atoms with van der Waals surface area (Å²) in [6.07, 6.45) is 0. The summed E-state index contributed by atoms with van der Waals surface area (Å²) in [5.74, 6) is -0.831. The molecule has 4 nitrogen and oxygen atoms in total. The highest BCUT2D eigenvalue weighted by atomic mass is 35.5. The van der Waals surface area contributed by atoms with Gasteiger partial charge < -0.3 is 5.32 Å². The Morgan fingerprint density at radius 2 is 1.83 bits per heavy atom. The van der Waals surface area contributed by atoms with E-state index in [9.17, 15) is 14.0 Å². The minimum absolute atomic E-state index is 0.00870. The molecule has 0 aromatic heterocycles. The maximum Gasteiger partial charge on any atom is 0.325 e. The standard InChI is InChI=1S/C18H16ClFN2O2/c1-11-3-6-13(7-4-11)18(2)16(23)22(17(24)21-18)10-12-5-8-14(20)9-15(12)19/h3-9H,10H2,1-2H3,(H,21,24). The summed E-state index contributed by atoms with van der Waals surface area (Å²) in [6.45, 7) is 3.61. The molecule has 0 saturated carbocycles. The molecular formula is C18H16ClFN2O2. The van der Waals surface area contributed by atoms with Crippen molar-refractivity contribution in [2.24, 2.45) is 0 Å². The molecule has 0 bridgehead atoms. The topological polar surface area (TPSA) is 49.4 Å². The molecule has 1 unspecified atom stereocenters. The molecule has 2 aromatic rings. The van der Waals surface area contributed by atoms with Crippen LogP contribution in [0.2, 0.25) is 5.02 Å². The first kappa shape index (κ1) is 16.5. The molecule has 1 saturated heterocycles. The van der Waals surface area contributed by atoms with Gasteiger partial charge in [0.15, 0.2) is 0 Å². The van der Waals surface area contributed by atoms with Crippen molar-refractivity contribution in [1.29, 1.82) is 0 Å². The fraction of sp³-hybridized carbons (Fsp3) is 0.222. The Bertz CT molecular complexity index is 822. The highest BCUT2D eigenvalue weighted by Crippen LogP contribution is 2.31. The van der Waals surface area contributed by atoms with Crippen molar-refractivity contribution in [2.45, 2.75) is 25.9 Å². The molecule has 0 spiro atoms. The Kier molecular flexibility index (Phi) is 4.05. The van der Waals surface area contributed by atoms with E-state index in [1.807, 2.05) is 31.2 Å². The molecule has 124 valence electrons. The fourth-order valence-electron chi connectivity index (χ4n) is 2.74. The van der Waals surface area contributed by atoms with E-state index in [1.165, 1.54) is 12.1 Å². The summed E-state index contributed by atoms with van der Waals surface area (Å²) in [5, 5.41) is 2.92. The van der Waals surface area contributed by atoms with Gasteiger partial charge in [0.05, 0.1) is 6.54 Å². The van der Waals surface area contributed by atoms with Crippen molar-refractivity contribution in [1.82, 2.24) is 10.2 Å². The van der Waals surface area contributed by atoms with Gasteiger partial charge in [-0.15, -0.1) is 0 Å². The first-order chi connectivity index (χ1) is 11.3. The Morgan fingerprint density at radius 3 is 2.46 bits per heavy atom. The second-order valence-corrected chi connectivity index (χ2v) is 6.46. The van der Waals surface area contributed by atoms with E-state index in [0.29, 0.717) is 11.1 Å². The van der Waals surface area contributed by atoms with Crippen molar-refractivity contribution < 1.29 is 14.0 Å². The molecular weight excluding hydrogens is 331 g/mol. The zero-order chi connectivity index (χ0) is 17.5. The molecule has 1 aliphatic heterocycles. The second kappa shape index (κ2) is 5.91. The summed E-state index contributed by atoms with van der Waals surface area (Å²) in [6, 6.07) is 10.8. The third kappa shape index (κ3) is 2.76. The van der Waals surface area contributed by atoms with Crippen LogP contribution in [0.3, 0.4) is 0 Å². The van der Waals surface area contributed by atoms with Crippen LogP contribution < -0.4 is 5.32 Å². The molecule has 1 atom stereocenters. The van der Waals surface area contributed by atoms with Gasteiger partial charge >= 0.3 is 6.03 Å². The number of amides is 3. The number of nitrogens with one attached hydrogen (secondary N) is 1. The monoisotopic (exact) mass is 346 g/mol. The molecule has 2 aromatic carbocycles. The number of carbonyl (C=O) groups excluding carboxylic acids is 2. The molecule has 1 aliphatic rings. The fourth-order valence-corrected chi connectivity index (χ4v) is 2.97. The lowest BCUT2D eigenvalue weighted by atomic mass is 9.91. The van der Waals surface area contributed by atoms with Crippen LogP contribution in [0.4, 0.5) is 9.18 Å². The summed E-state index contributed by atoms with van der Waals surface area (Å²) in [7, 11) is 0. The van der Waals surface area contributed by atoms with Crippen LogP contribution in [0.5, 0.6) is 0 Å². The van der Waals surface area contributed by atoms with Crippen molar-refractivity contribution >= 4 is 23.5 Å². The predicted octanol–water partition coefficient (Wildman–Crippen LogP) is 3.75. The number of carbonyl (C=O) groups is 2. The molecule has 3 rings (SSSR count). The highest BCUT2D eigenvalue weighted by Gasteiger charge is 2.48. The quantitative estimate of drug-likeness (QED) is 0.860. The normalized spacial score (nSPS) is 20.4. The van der Waals surface area contributed by atoms with Gasteiger partial charge in [0.1, 0.15) is 11.4 Å². The average molecular weight is 347 g/mol. The Labute approximate surface area is 144 Å². The van der Waals surface area contributed by atoms with Gasteiger partial charge in [0.2, 0.25) is 0 Å². The number of rotatable bonds is 3. The van der Waals surface area contributed by atoms with Crippen LogP contribution in [0.15, 0.2) is 42.5 Å². The molecule has 1 heterocycles. The number of urea groups is 1. The van der Waals surface area contributed by atoms with Gasteiger partial charge in [0.25, 0.3) is 5.91 Å². The van der Waals surface area contributed by atoms with E-state index in [0.717, 1.165) is 16.5 Å². The van der Waals surface area contributed by atoms with E-state index in [2.05, 4.69) is 5.32 Å². The number of halogens is 2. The van der Waals surface area contributed by atoms with Crippen LogP contribution in [-0.4, -0.2) is 16.8 Å². The minimum Gasteiger partial charge on any atom is -0.319 e. The zero-order valence-corrected chi connectivity index (χ0v) is 14.0. The molecule has 0 aliphatic carbocycles. The Hall–Kier alpha value is -2.40. The van der Waals surface area contributed by atoms with Crippen molar-refractivity contribution in [2.75, 3.05) is 0 Å². The van der Waals surface area contributed by atoms with Crippen LogP contribution in [0, 0.1) is 12.7 Å². The molecule has 24 heavy (non-hydrogen) atoms. The molecule has 3 amide bonds.